The van der Waals surface area contributed by atoms with E-state index in [-0.39, 0.29) is 48.5 Å². The number of hydrogen-bond acceptors (Lipinski definition) is 3. The Morgan fingerprint density at radius 2 is 1.49 bits per heavy atom. The smallest absolute Gasteiger partial charge is 0.201 e. The molecular formula is C28H28F4O3. The van der Waals surface area contributed by atoms with Crippen molar-refractivity contribution in [3.05, 3.63) is 82.9 Å². The van der Waals surface area contributed by atoms with Gasteiger partial charge in [0, 0.05) is 17.7 Å². The molecular weight excluding hydrogens is 460 g/mol. The van der Waals surface area contributed by atoms with Crippen LogP contribution in [0.4, 0.5) is 17.6 Å². The predicted molar refractivity (Wildman–Crippen MR) is 125 cm³/mol. The van der Waals surface area contributed by atoms with Gasteiger partial charge in [-0.3, -0.25) is 0 Å². The minimum absolute atomic E-state index is 0.0340. The fourth-order valence-corrected chi connectivity index (χ4v) is 4.60. The van der Waals surface area contributed by atoms with Crippen molar-refractivity contribution in [3.8, 4) is 22.6 Å². The van der Waals surface area contributed by atoms with E-state index >= 15 is 0 Å². The number of benzene rings is 3. The fourth-order valence-electron chi connectivity index (χ4n) is 4.60. The minimum Gasteiger partial charge on any atom is -0.491 e. The van der Waals surface area contributed by atoms with E-state index in [2.05, 4.69) is 0 Å². The van der Waals surface area contributed by atoms with E-state index < -0.39 is 23.3 Å². The average molecular weight is 489 g/mol. The topological polar surface area (TPSA) is 38.7 Å². The van der Waals surface area contributed by atoms with E-state index in [1.165, 1.54) is 12.1 Å². The van der Waals surface area contributed by atoms with Crippen molar-refractivity contribution in [2.45, 2.75) is 45.1 Å². The first-order valence-electron chi connectivity index (χ1n) is 11.8. The highest BCUT2D eigenvalue weighted by atomic mass is 19.2. The van der Waals surface area contributed by atoms with Crippen LogP contribution >= 0.6 is 0 Å². The first-order chi connectivity index (χ1) is 16.9. The van der Waals surface area contributed by atoms with Gasteiger partial charge in [-0.1, -0.05) is 24.3 Å². The second-order valence-corrected chi connectivity index (χ2v) is 8.83. The largest absolute Gasteiger partial charge is 0.491 e. The molecule has 3 aromatic carbocycles. The first kappa shape index (κ1) is 25.0. The number of rotatable bonds is 8. The molecule has 0 amide bonds. The number of aliphatic hydroxyl groups is 1. The van der Waals surface area contributed by atoms with E-state index in [0.717, 1.165) is 25.7 Å². The lowest BCUT2D eigenvalue weighted by atomic mass is 9.78. The van der Waals surface area contributed by atoms with Crippen molar-refractivity contribution in [2.75, 3.05) is 13.2 Å². The SMILES string of the molecule is CCOc1ccc(COc2ccc(-c3ccc(C4CCC(CO)CC4)c(F)c3F)cc2)c(F)c1F. The first-order valence-corrected chi connectivity index (χ1v) is 11.8. The molecule has 186 valence electrons. The van der Waals surface area contributed by atoms with Crippen LogP contribution in [0.3, 0.4) is 0 Å². The van der Waals surface area contributed by atoms with Crippen molar-refractivity contribution in [1.82, 2.24) is 0 Å². The number of halogens is 4. The molecule has 0 bridgehead atoms. The summed E-state index contributed by atoms with van der Waals surface area (Å²) in [7, 11) is 0. The second kappa shape index (κ2) is 11.1. The highest BCUT2D eigenvalue weighted by Crippen LogP contribution is 2.39. The molecule has 3 aromatic rings. The Balaban J connectivity index is 1.44. The van der Waals surface area contributed by atoms with Gasteiger partial charge in [0.2, 0.25) is 5.82 Å². The molecule has 1 aliphatic carbocycles. The summed E-state index contributed by atoms with van der Waals surface area (Å²) in [6.45, 7) is 1.83. The van der Waals surface area contributed by atoms with Gasteiger partial charge in [-0.15, -0.1) is 0 Å². The molecule has 3 nitrogen and oxygen atoms in total. The Bertz CT molecular complexity index is 1160. The van der Waals surface area contributed by atoms with Gasteiger partial charge in [-0.2, -0.15) is 4.39 Å². The molecule has 0 aliphatic heterocycles. The Morgan fingerprint density at radius 1 is 0.771 bits per heavy atom. The van der Waals surface area contributed by atoms with Crippen LogP contribution in [0.2, 0.25) is 0 Å². The molecule has 0 unspecified atom stereocenters. The maximum absolute atomic E-state index is 15.0. The van der Waals surface area contributed by atoms with Crippen molar-refractivity contribution in [1.29, 1.82) is 0 Å². The molecule has 1 fully saturated rings. The highest BCUT2D eigenvalue weighted by Gasteiger charge is 2.26. The quantitative estimate of drug-likeness (QED) is 0.342. The highest BCUT2D eigenvalue weighted by molar-refractivity contribution is 5.65. The zero-order chi connectivity index (χ0) is 24.9. The van der Waals surface area contributed by atoms with E-state index in [9.17, 15) is 22.7 Å². The standard InChI is InChI=1S/C28H28F4O3/c1-2-34-24-14-9-20(25(29)28(24)32)16-35-21-10-7-19(8-11-21)23-13-12-22(26(30)27(23)31)18-5-3-17(15-33)4-6-18/h7-14,17-18,33H,2-6,15-16H2,1H3. The van der Waals surface area contributed by atoms with Gasteiger partial charge in [-0.05, 0) is 79.8 Å². The van der Waals surface area contributed by atoms with Crippen LogP contribution in [0.1, 0.15) is 49.7 Å². The van der Waals surface area contributed by atoms with Crippen molar-refractivity contribution >= 4 is 0 Å². The Morgan fingerprint density at radius 3 is 2.14 bits per heavy atom. The molecule has 1 saturated carbocycles. The van der Waals surface area contributed by atoms with Gasteiger partial charge in [0.15, 0.2) is 23.2 Å². The summed E-state index contributed by atoms with van der Waals surface area (Å²) in [6.07, 6.45) is 3.06. The summed E-state index contributed by atoms with van der Waals surface area (Å²) >= 11 is 0. The van der Waals surface area contributed by atoms with Crippen molar-refractivity contribution < 1.29 is 32.1 Å². The van der Waals surface area contributed by atoms with Crippen LogP contribution in [-0.4, -0.2) is 18.3 Å². The lowest BCUT2D eigenvalue weighted by Gasteiger charge is -2.28. The second-order valence-electron chi connectivity index (χ2n) is 8.83. The number of hydrogen-bond donors (Lipinski definition) is 1. The van der Waals surface area contributed by atoms with Gasteiger partial charge < -0.3 is 14.6 Å². The Labute approximate surface area is 202 Å². The van der Waals surface area contributed by atoms with Crippen LogP contribution in [0.5, 0.6) is 11.5 Å². The van der Waals surface area contributed by atoms with Gasteiger partial charge >= 0.3 is 0 Å². The monoisotopic (exact) mass is 488 g/mol. The lowest BCUT2D eigenvalue weighted by Crippen LogP contribution is -2.17. The van der Waals surface area contributed by atoms with Gasteiger partial charge in [0.05, 0.1) is 6.61 Å². The average Bonchev–Trinajstić information content (AvgIpc) is 2.88. The van der Waals surface area contributed by atoms with Crippen LogP contribution in [0.15, 0.2) is 48.5 Å². The van der Waals surface area contributed by atoms with E-state index in [4.69, 9.17) is 9.47 Å². The predicted octanol–water partition coefficient (Wildman–Crippen LogP) is 7.15. The van der Waals surface area contributed by atoms with Gasteiger partial charge in [0.25, 0.3) is 0 Å². The van der Waals surface area contributed by atoms with E-state index in [1.807, 2.05) is 0 Å². The third-order valence-electron chi connectivity index (χ3n) is 6.64. The normalized spacial score (nSPS) is 17.9. The summed E-state index contributed by atoms with van der Waals surface area (Å²) in [5.74, 6) is -3.41. The molecule has 4 rings (SSSR count). The van der Waals surface area contributed by atoms with Crippen LogP contribution < -0.4 is 9.47 Å². The fraction of sp³-hybridized carbons (Fsp3) is 0.357. The molecule has 0 aromatic heterocycles. The summed E-state index contributed by atoms with van der Waals surface area (Å²) in [5.41, 5.74) is 1.03. The van der Waals surface area contributed by atoms with E-state index in [0.29, 0.717) is 16.9 Å². The Hall–Kier alpha value is -3.06. The lowest BCUT2D eigenvalue weighted by molar-refractivity contribution is 0.181. The number of ether oxygens (including phenoxy) is 2. The molecule has 0 saturated heterocycles. The van der Waals surface area contributed by atoms with Gasteiger partial charge in [0.1, 0.15) is 12.4 Å². The molecule has 0 heterocycles. The summed E-state index contributed by atoms with van der Waals surface area (Å²) in [6, 6.07) is 12.3. The molecule has 0 radical (unpaired) electrons. The third kappa shape index (κ3) is 5.45. The molecule has 7 heteroatoms. The molecule has 1 aliphatic rings. The van der Waals surface area contributed by atoms with Crippen LogP contribution in [0, 0.1) is 29.2 Å². The molecule has 0 spiro atoms. The summed E-state index contributed by atoms with van der Waals surface area (Å²) in [5, 5.41) is 9.29. The zero-order valence-corrected chi connectivity index (χ0v) is 19.5. The Kier molecular flexibility index (Phi) is 7.96. The van der Waals surface area contributed by atoms with Crippen LogP contribution in [-0.2, 0) is 6.61 Å². The maximum atomic E-state index is 15.0. The summed E-state index contributed by atoms with van der Waals surface area (Å²) < 4.78 is 68.7. The van der Waals surface area contributed by atoms with E-state index in [1.54, 1.807) is 43.3 Å². The molecule has 0 atom stereocenters. The molecule has 35 heavy (non-hydrogen) atoms. The third-order valence-corrected chi connectivity index (χ3v) is 6.64. The maximum Gasteiger partial charge on any atom is 0.201 e. The zero-order valence-electron chi connectivity index (χ0n) is 19.5. The summed E-state index contributed by atoms with van der Waals surface area (Å²) in [4.78, 5) is 0. The van der Waals surface area contributed by atoms with Crippen molar-refractivity contribution in [3.63, 3.8) is 0 Å². The van der Waals surface area contributed by atoms with Gasteiger partial charge in [-0.25, -0.2) is 13.2 Å². The molecule has 1 N–H and O–H groups in total. The number of aliphatic hydroxyl groups excluding tert-OH is 1. The van der Waals surface area contributed by atoms with Crippen molar-refractivity contribution in [2.24, 2.45) is 5.92 Å². The van der Waals surface area contributed by atoms with Crippen LogP contribution in [0.25, 0.3) is 11.1 Å². The minimum atomic E-state index is -1.06.